The van der Waals surface area contributed by atoms with Gasteiger partial charge in [0.1, 0.15) is 23.8 Å². The monoisotopic (exact) mass is 615 g/mol. The van der Waals surface area contributed by atoms with Gasteiger partial charge in [-0.15, -0.1) is 0 Å². The summed E-state index contributed by atoms with van der Waals surface area (Å²) in [5, 5.41) is 0. The predicted octanol–water partition coefficient (Wildman–Crippen LogP) is 7.58. The second kappa shape index (κ2) is 12.7. The van der Waals surface area contributed by atoms with Crippen molar-refractivity contribution in [2.24, 2.45) is 0 Å². The Morgan fingerprint density at radius 2 is 1.72 bits per heavy atom. The lowest BCUT2D eigenvalue weighted by Crippen LogP contribution is -2.34. The minimum atomic E-state index is -0.555. The quantitative estimate of drug-likeness (QED) is 0.159. The first-order valence-electron chi connectivity index (χ1n) is 16.2. The summed E-state index contributed by atoms with van der Waals surface area (Å²) in [4.78, 5) is 20.4. The lowest BCUT2D eigenvalue weighted by Gasteiger charge is -2.30. The molecule has 3 heterocycles. The van der Waals surface area contributed by atoms with Crippen molar-refractivity contribution in [2.75, 3.05) is 13.2 Å². The molecule has 0 bridgehead atoms. The van der Waals surface area contributed by atoms with Crippen molar-refractivity contribution in [3.8, 4) is 16.9 Å². The summed E-state index contributed by atoms with van der Waals surface area (Å²) in [6.07, 6.45) is 2.17. The summed E-state index contributed by atoms with van der Waals surface area (Å²) in [5.74, 6) is 1.55. The average Bonchev–Trinajstić information content (AvgIpc) is 3.37. The zero-order valence-electron chi connectivity index (χ0n) is 26.9. The molecule has 1 aromatic heterocycles. The highest BCUT2D eigenvalue weighted by atomic mass is 16.6. The van der Waals surface area contributed by atoms with Crippen LogP contribution in [0.15, 0.2) is 91.0 Å². The number of rotatable bonds is 9. The number of carbonyl (C=O) groups excluding carboxylic acids is 1. The number of carbonyl (C=O) groups is 1. The summed E-state index contributed by atoms with van der Waals surface area (Å²) in [6.45, 7) is 10.2. The molecule has 0 unspecified atom stereocenters. The maximum Gasteiger partial charge on any atom is 0.338 e. The van der Waals surface area contributed by atoms with E-state index in [0.29, 0.717) is 18.7 Å². The Hall–Kier alpha value is -4.46. The van der Waals surface area contributed by atoms with Gasteiger partial charge in [-0.2, -0.15) is 0 Å². The van der Waals surface area contributed by atoms with E-state index in [1.165, 1.54) is 22.3 Å². The van der Waals surface area contributed by atoms with Gasteiger partial charge in [0.25, 0.3) is 0 Å². The van der Waals surface area contributed by atoms with Gasteiger partial charge in [0, 0.05) is 19.7 Å². The number of benzene rings is 4. The van der Waals surface area contributed by atoms with Crippen LogP contribution in [-0.2, 0) is 42.1 Å². The van der Waals surface area contributed by atoms with Gasteiger partial charge in [0.2, 0.25) is 0 Å². The fourth-order valence-electron chi connectivity index (χ4n) is 6.20. The van der Waals surface area contributed by atoms with Crippen LogP contribution in [0.5, 0.6) is 5.75 Å². The van der Waals surface area contributed by atoms with Crippen molar-refractivity contribution < 1.29 is 19.0 Å². The predicted molar refractivity (Wildman–Crippen MR) is 180 cm³/mol. The fraction of sp³-hybridized carbons (Fsp3) is 0.333. The number of fused-ring (bicyclic) bond motifs is 2. The molecule has 0 amide bonds. The summed E-state index contributed by atoms with van der Waals surface area (Å²) in [5.41, 5.74) is 8.03. The molecule has 4 aromatic carbocycles. The van der Waals surface area contributed by atoms with Crippen LogP contribution in [0, 0.1) is 0 Å². The Kier molecular flexibility index (Phi) is 8.36. The van der Waals surface area contributed by atoms with Crippen molar-refractivity contribution in [2.45, 2.75) is 71.6 Å². The summed E-state index contributed by atoms with van der Waals surface area (Å²) < 4.78 is 20.0. The molecular formula is C39H41N3O4. The Balaban J connectivity index is 1.05. The number of hydrogen-bond donors (Lipinski definition) is 0. The van der Waals surface area contributed by atoms with E-state index in [4.69, 9.17) is 19.2 Å². The minimum Gasteiger partial charge on any atom is -0.489 e. The normalized spacial score (nSPS) is 16.5. The van der Waals surface area contributed by atoms with Crippen molar-refractivity contribution in [1.82, 2.24) is 14.5 Å². The maximum absolute atomic E-state index is 12.9. The molecular weight excluding hydrogens is 574 g/mol. The van der Waals surface area contributed by atoms with Crippen molar-refractivity contribution >= 4 is 17.0 Å². The second-order valence-electron chi connectivity index (χ2n) is 13.4. The molecule has 0 radical (unpaired) electrons. The van der Waals surface area contributed by atoms with Crippen LogP contribution in [0.1, 0.15) is 60.1 Å². The molecule has 7 rings (SSSR count). The summed E-state index contributed by atoms with van der Waals surface area (Å²) in [7, 11) is 0. The fourth-order valence-corrected chi connectivity index (χ4v) is 6.20. The SMILES string of the molecule is CC(C)(C)OC(=O)c1ccc2nc(CN3CCc4ccc(OCc5ccc(-c6ccccc6)cc5)cc4C3)n(C[C@@H]3CCO3)c2c1. The zero-order chi connectivity index (χ0) is 31.7. The largest absolute Gasteiger partial charge is 0.489 e. The first kappa shape index (κ1) is 30.2. The van der Waals surface area contributed by atoms with Gasteiger partial charge < -0.3 is 18.8 Å². The zero-order valence-corrected chi connectivity index (χ0v) is 26.9. The topological polar surface area (TPSA) is 65.8 Å². The van der Waals surface area contributed by atoms with E-state index in [0.717, 1.165) is 67.3 Å². The molecule has 46 heavy (non-hydrogen) atoms. The lowest BCUT2D eigenvalue weighted by atomic mass is 9.99. The Morgan fingerprint density at radius 1 is 0.935 bits per heavy atom. The third-order valence-corrected chi connectivity index (χ3v) is 8.74. The van der Waals surface area contributed by atoms with E-state index in [-0.39, 0.29) is 12.1 Å². The molecule has 5 aromatic rings. The highest BCUT2D eigenvalue weighted by Crippen LogP contribution is 2.28. The second-order valence-corrected chi connectivity index (χ2v) is 13.4. The number of esters is 1. The number of hydrogen-bond acceptors (Lipinski definition) is 6. The van der Waals surface area contributed by atoms with Crippen LogP contribution in [0.2, 0.25) is 0 Å². The Morgan fingerprint density at radius 3 is 2.46 bits per heavy atom. The molecule has 2 aliphatic heterocycles. The van der Waals surface area contributed by atoms with Gasteiger partial charge in [0.15, 0.2) is 0 Å². The van der Waals surface area contributed by atoms with Gasteiger partial charge in [0.05, 0.1) is 35.8 Å². The van der Waals surface area contributed by atoms with Gasteiger partial charge in [-0.3, -0.25) is 4.90 Å². The molecule has 0 spiro atoms. The van der Waals surface area contributed by atoms with Crippen LogP contribution in [0.25, 0.3) is 22.2 Å². The third kappa shape index (κ3) is 6.86. The van der Waals surface area contributed by atoms with Gasteiger partial charge >= 0.3 is 5.97 Å². The van der Waals surface area contributed by atoms with E-state index >= 15 is 0 Å². The Bertz CT molecular complexity index is 1840. The number of aromatic nitrogens is 2. The molecule has 7 nitrogen and oxygen atoms in total. The Labute approximate surface area is 270 Å². The first-order chi connectivity index (χ1) is 22.3. The van der Waals surface area contributed by atoms with E-state index in [9.17, 15) is 4.79 Å². The molecule has 1 fully saturated rings. The van der Waals surface area contributed by atoms with Crippen LogP contribution in [0.3, 0.4) is 0 Å². The van der Waals surface area contributed by atoms with Crippen LogP contribution >= 0.6 is 0 Å². The molecule has 7 heteroatoms. The van der Waals surface area contributed by atoms with Gasteiger partial charge in [-0.25, -0.2) is 9.78 Å². The minimum absolute atomic E-state index is 0.165. The molecule has 0 N–H and O–H groups in total. The smallest absolute Gasteiger partial charge is 0.338 e. The van der Waals surface area contributed by atoms with E-state index in [1.54, 1.807) is 0 Å². The van der Waals surface area contributed by atoms with Gasteiger partial charge in [-0.1, -0.05) is 60.7 Å². The van der Waals surface area contributed by atoms with Crippen LogP contribution < -0.4 is 4.74 Å². The van der Waals surface area contributed by atoms with Crippen molar-refractivity contribution in [3.63, 3.8) is 0 Å². The third-order valence-electron chi connectivity index (χ3n) is 8.74. The van der Waals surface area contributed by atoms with Crippen molar-refractivity contribution in [1.29, 1.82) is 0 Å². The standard InChI is InChI=1S/C39H41N3O4/c1-39(2,3)46-38(43)31-14-16-35-36(22-31)42(24-34-18-20-44-34)37(40-35)25-41-19-17-30-13-15-33(21-32(30)23-41)45-26-27-9-11-29(12-10-27)28-7-5-4-6-8-28/h4-16,21-22,34H,17-20,23-26H2,1-3H3/t34-/m0/s1. The molecule has 0 aliphatic carbocycles. The van der Waals surface area contributed by atoms with E-state index < -0.39 is 5.60 Å². The molecule has 0 saturated carbocycles. The molecule has 1 saturated heterocycles. The molecule has 2 aliphatic rings. The maximum atomic E-state index is 12.9. The molecule has 236 valence electrons. The summed E-state index contributed by atoms with van der Waals surface area (Å²) >= 11 is 0. The highest BCUT2D eigenvalue weighted by molar-refractivity contribution is 5.94. The van der Waals surface area contributed by atoms with Crippen LogP contribution in [0.4, 0.5) is 0 Å². The average molecular weight is 616 g/mol. The van der Waals surface area contributed by atoms with E-state index in [1.807, 2.05) is 45.0 Å². The number of nitrogens with zero attached hydrogens (tertiary/aromatic N) is 3. The lowest BCUT2D eigenvalue weighted by molar-refractivity contribution is -0.0592. The summed E-state index contributed by atoms with van der Waals surface area (Å²) in [6, 6.07) is 31.2. The number of imidazole rings is 1. The molecule has 1 atom stereocenters. The van der Waals surface area contributed by atoms with Crippen LogP contribution in [-0.4, -0.2) is 45.3 Å². The van der Waals surface area contributed by atoms with Crippen molar-refractivity contribution in [3.05, 3.63) is 119 Å². The van der Waals surface area contributed by atoms with E-state index in [2.05, 4.69) is 76.2 Å². The highest BCUT2D eigenvalue weighted by Gasteiger charge is 2.25. The van der Waals surface area contributed by atoms with Gasteiger partial charge in [-0.05, 0) is 91.8 Å². The number of ether oxygens (including phenoxy) is 3. The first-order valence-corrected chi connectivity index (χ1v) is 16.2.